The number of carbonyl (C=O) groups is 1. The van der Waals surface area contributed by atoms with Crippen molar-refractivity contribution >= 4 is 17.4 Å². The lowest BCUT2D eigenvalue weighted by Crippen LogP contribution is -2.20. The highest BCUT2D eigenvalue weighted by molar-refractivity contribution is 6.07. The minimum atomic E-state index is -0.205. The molecular weight excluding hydrogens is 312 g/mol. The van der Waals surface area contributed by atoms with E-state index in [9.17, 15) is 4.79 Å². The number of benzene rings is 1. The maximum atomic E-state index is 12.6. The molecule has 2 aromatic rings. The molecule has 1 aromatic carbocycles. The molecule has 5 heteroatoms. The number of nitriles is 1. The number of hydrogen-bond donors (Lipinski definition) is 2. The molecule has 0 saturated heterocycles. The fourth-order valence-corrected chi connectivity index (χ4v) is 3.19. The van der Waals surface area contributed by atoms with Crippen molar-refractivity contribution in [2.24, 2.45) is 5.92 Å². The van der Waals surface area contributed by atoms with E-state index < -0.39 is 0 Å². The second-order valence-corrected chi connectivity index (χ2v) is 6.43. The van der Waals surface area contributed by atoms with Crippen LogP contribution in [0, 0.1) is 17.2 Å². The highest BCUT2D eigenvalue weighted by Crippen LogP contribution is 2.24. The van der Waals surface area contributed by atoms with Crippen molar-refractivity contribution in [2.45, 2.75) is 32.1 Å². The summed E-state index contributed by atoms with van der Waals surface area (Å²) in [5.41, 5.74) is 1.75. The van der Waals surface area contributed by atoms with Crippen molar-refractivity contribution in [3.8, 4) is 6.07 Å². The lowest BCUT2D eigenvalue weighted by molar-refractivity contribution is 0.102. The number of nitrogens with zero attached hydrogens (tertiary/aromatic N) is 2. The van der Waals surface area contributed by atoms with E-state index in [1.54, 1.807) is 42.6 Å². The zero-order chi connectivity index (χ0) is 17.5. The van der Waals surface area contributed by atoms with Gasteiger partial charge in [0.25, 0.3) is 5.91 Å². The molecule has 0 unspecified atom stereocenters. The average molecular weight is 334 g/mol. The molecule has 3 rings (SSSR count). The summed E-state index contributed by atoms with van der Waals surface area (Å²) in [7, 11) is 0. The van der Waals surface area contributed by atoms with Crippen LogP contribution < -0.4 is 10.6 Å². The van der Waals surface area contributed by atoms with Gasteiger partial charge in [-0.05, 0) is 55.2 Å². The molecule has 1 fully saturated rings. The van der Waals surface area contributed by atoms with Gasteiger partial charge < -0.3 is 10.6 Å². The number of anilines is 2. The Morgan fingerprint density at radius 3 is 2.64 bits per heavy atom. The van der Waals surface area contributed by atoms with Crippen LogP contribution in [0.2, 0.25) is 0 Å². The van der Waals surface area contributed by atoms with Crippen molar-refractivity contribution in [1.82, 2.24) is 4.98 Å². The molecule has 2 N–H and O–H groups in total. The van der Waals surface area contributed by atoms with Gasteiger partial charge in [-0.1, -0.05) is 19.3 Å². The topological polar surface area (TPSA) is 77.8 Å². The molecule has 0 bridgehead atoms. The Kier molecular flexibility index (Phi) is 5.63. The van der Waals surface area contributed by atoms with E-state index in [2.05, 4.69) is 21.7 Å². The Balaban J connectivity index is 1.66. The van der Waals surface area contributed by atoms with E-state index in [0.717, 1.165) is 6.54 Å². The van der Waals surface area contributed by atoms with Gasteiger partial charge in [0, 0.05) is 18.4 Å². The molecule has 1 amide bonds. The largest absolute Gasteiger partial charge is 0.369 e. The van der Waals surface area contributed by atoms with Crippen LogP contribution in [0.3, 0.4) is 0 Å². The summed E-state index contributed by atoms with van der Waals surface area (Å²) in [6, 6.07) is 12.4. The molecule has 1 aliphatic rings. The number of aromatic nitrogens is 1. The quantitative estimate of drug-likeness (QED) is 0.859. The Morgan fingerprint density at radius 1 is 1.16 bits per heavy atom. The number of amides is 1. The van der Waals surface area contributed by atoms with Crippen LogP contribution in [-0.2, 0) is 0 Å². The van der Waals surface area contributed by atoms with E-state index in [1.807, 2.05) is 0 Å². The van der Waals surface area contributed by atoms with Crippen LogP contribution in [0.5, 0.6) is 0 Å². The summed E-state index contributed by atoms with van der Waals surface area (Å²) in [6.07, 6.45) is 8.10. The average Bonchev–Trinajstić information content (AvgIpc) is 2.68. The fourth-order valence-electron chi connectivity index (χ4n) is 3.19. The van der Waals surface area contributed by atoms with Crippen LogP contribution >= 0.6 is 0 Å². The molecule has 0 spiro atoms. The summed E-state index contributed by atoms with van der Waals surface area (Å²) in [6.45, 7) is 0.855. The molecule has 128 valence electrons. The second-order valence-electron chi connectivity index (χ2n) is 6.43. The summed E-state index contributed by atoms with van der Waals surface area (Å²) >= 11 is 0. The minimum Gasteiger partial charge on any atom is -0.369 e. The number of rotatable bonds is 5. The smallest absolute Gasteiger partial charge is 0.259 e. The van der Waals surface area contributed by atoms with E-state index in [-0.39, 0.29) is 5.91 Å². The standard InChI is InChI=1S/C20H22N4O/c21-13-15-8-10-17(11-9-15)24-20(25)18-7-4-12-22-19(18)23-14-16-5-2-1-3-6-16/h4,7-12,16H,1-3,5-6,14H2,(H,22,23)(H,24,25). The van der Waals surface area contributed by atoms with Gasteiger partial charge in [0.2, 0.25) is 0 Å². The summed E-state index contributed by atoms with van der Waals surface area (Å²) < 4.78 is 0. The zero-order valence-corrected chi connectivity index (χ0v) is 14.2. The van der Waals surface area contributed by atoms with E-state index in [1.165, 1.54) is 32.1 Å². The first-order valence-electron chi connectivity index (χ1n) is 8.76. The van der Waals surface area contributed by atoms with E-state index >= 15 is 0 Å². The van der Waals surface area contributed by atoms with Crippen LogP contribution in [-0.4, -0.2) is 17.4 Å². The molecule has 5 nitrogen and oxygen atoms in total. The van der Waals surface area contributed by atoms with Crippen molar-refractivity contribution in [2.75, 3.05) is 17.2 Å². The van der Waals surface area contributed by atoms with Gasteiger partial charge in [0.05, 0.1) is 17.2 Å². The lowest BCUT2D eigenvalue weighted by atomic mass is 9.89. The molecule has 0 radical (unpaired) electrons. The van der Waals surface area contributed by atoms with Crippen molar-refractivity contribution in [3.05, 3.63) is 53.7 Å². The SMILES string of the molecule is N#Cc1ccc(NC(=O)c2cccnc2NCC2CCCCC2)cc1. The molecule has 1 aromatic heterocycles. The molecule has 1 aliphatic carbocycles. The molecule has 0 aliphatic heterocycles. The molecule has 25 heavy (non-hydrogen) atoms. The van der Waals surface area contributed by atoms with Crippen molar-refractivity contribution in [1.29, 1.82) is 5.26 Å². The van der Waals surface area contributed by atoms with Crippen molar-refractivity contribution in [3.63, 3.8) is 0 Å². The monoisotopic (exact) mass is 334 g/mol. The summed E-state index contributed by atoms with van der Waals surface area (Å²) in [5, 5.41) is 15.0. The lowest BCUT2D eigenvalue weighted by Gasteiger charge is -2.22. The second kappa shape index (κ2) is 8.29. The number of carbonyl (C=O) groups excluding carboxylic acids is 1. The maximum absolute atomic E-state index is 12.6. The Morgan fingerprint density at radius 2 is 1.92 bits per heavy atom. The molecule has 0 atom stereocenters. The van der Waals surface area contributed by atoms with Gasteiger partial charge in [-0.25, -0.2) is 4.98 Å². The van der Waals surface area contributed by atoms with Crippen LogP contribution in [0.25, 0.3) is 0 Å². The number of nitrogens with one attached hydrogen (secondary N) is 2. The number of pyridine rings is 1. The van der Waals surface area contributed by atoms with Crippen LogP contribution in [0.1, 0.15) is 48.0 Å². The molecular formula is C20H22N4O. The minimum absolute atomic E-state index is 0.205. The first kappa shape index (κ1) is 17.0. The van der Waals surface area contributed by atoms with Crippen molar-refractivity contribution < 1.29 is 4.79 Å². The summed E-state index contributed by atoms with van der Waals surface area (Å²) in [4.78, 5) is 16.9. The first-order valence-corrected chi connectivity index (χ1v) is 8.76. The Labute approximate surface area is 148 Å². The third kappa shape index (κ3) is 4.57. The summed E-state index contributed by atoms with van der Waals surface area (Å²) in [5.74, 6) is 1.08. The van der Waals surface area contributed by atoms with E-state index in [4.69, 9.17) is 5.26 Å². The maximum Gasteiger partial charge on any atom is 0.259 e. The fraction of sp³-hybridized carbons (Fsp3) is 0.350. The molecule has 1 saturated carbocycles. The van der Waals surface area contributed by atoms with E-state index in [0.29, 0.717) is 28.6 Å². The van der Waals surface area contributed by atoms with Gasteiger partial charge in [0.1, 0.15) is 5.82 Å². The van der Waals surface area contributed by atoms with Gasteiger partial charge in [-0.2, -0.15) is 5.26 Å². The Bertz CT molecular complexity index is 758. The van der Waals surface area contributed by atoms with Crippen LogP contribution in [0.15, 0.2) is 42.6 Å². The zero-order valence-electron chi connectivity index (χ0n) is 14.2. The normalized spacial score (nSPS) is 14.5. The van der Waals surface area contributed by atoms with Gasteiger partial charge in [-0.3, -0.25) is 4.79 Å². The van der Waals surface area contributed by atoms with Crippen LogP contribution in [0.4, 0.5) is 11.5 Å². The highest BCUT2D eigenvalue weighted by Gasteiger charge is 2.16. The predicted octanol–water partition coefficient (Wildman–Crippen LogP) is 4.20. The van der Waals surface area contributed by atoms with Gasteiger partial charge >= 0.3 is 0 Å². The van der Waals surface area contributed by atoms with Gasteiger partial charge in [-0.15, -0.1) is 0 Å². The molecule has 1 heterocycles. The predicted molar refractivity (Wildman–Crippen MR) is 98.4 cm³/mol. The van der Waals surface area contributed by atoms with Gasteiger partial charge in [0.15, 0.2) is 0 Å². The first-order chi connectivity index (χ1) is 12.3. The number of hydrogen-bond acceptors (Lipinski definition) is 4. The highest BCUT2D eigenvalue weighted by atomic mass is 16.1. The Hall–Kier alpha value is -2.87. The third-order valence-electron chi connectivity index (χ3n) is 4.61. The third-order valence-corrected chi connectivity index (χ3v) is 4.61.